The molecule has 0 saturated carbocycles. The molecule has 28 heavy (non-hydrogen) atoms. The highest BCUT2D eigenvalue weighted by molar-refractivity contribution is 8.01. The Morgan fingerprint density at radius 3 is 2.79 bits per heavy atom. The Morgan fingerprint density at radius 1 is 1.21 bits per heavy atom. The number of carbonyl (C=O) groups is 3. The van der Waals surface area contributed by atoms with Crippen molar-refractivity contribution in [1.82, 2.24) is 4.90 Å². The van der Waals surface area contributed by atoms with E-state index in [1.807, 2.05) is 24.3 Å². The van der Waals surface area contributed by atoms with Crippen LogP contribution in [-0.2, 0) is 14.4 Å². The lowest BCUT2D eigenvalue weighted by molar-refractivity contribution is -0.134. The van der Waals surface area contributed by atoms with Crippen molar-refractivity contribution in [1.29, 1.82) is 0 Å². The second kappa shape index (κ2) is 8.79. The number of rotatable bonds is 6. The average Bonchev–Trinajstić information content (AvgIpc) is 2.68. The van der Waals surface area contributed by atoms with E-state index in [0.29, 0.717) is 11.4 Å². The molecule has 1 aliphatic heterocycles. The van der Waals surface area contributed by atoms with Gasteiger partial charge < -0.3 is 20.3 Å². The topological polar surface area (TPSA) is 87.7 Å². The summed E-state index contributed by atoms with van der Waals surface area (Å²) in [5, 5.41) is 5.03. The molecular weight excluding hydrogens is 378 g/mol. The summed E-state index contributed by atoms with van der Waals surface area (Å²) in [7, 11) is 3.10. The molecule has 1 aliphatic rings. The quantitative estimate of drug-likeness (QED) is 0.780. The molecule has 146 valence electrons. The fourth-order valence-corrected chi connectivity index (χ4v) is 3.85. The number of anilines is 2. The first kappa shape index (κ1) is 19.8. The molecule has 7 nitrogen and oxygen atoms in total. The van der Waals surface area contributed by atoms with E-state index in [9.17, 15) is 14.4 Å². The third-order valence-electron chi connectivity index (χ3n) is 4.23. The zero-order chi connectivity index (χ0) is 20.1. The number of carbonyl (C=O) groups excluding carboxylic acids is 3. The first-order valence-electron chi connectivity index (χ1n) is 8.70. The molecule has 0 saturated heterocycles. The molecule has 0 radical (unpaired) electrons. The Kier molecular flexibility index (Phi) is 6.20. The van der Waals surface area contributed by atoms with Gasteiger partial charge in [0.25, 0.3) is 0 Å². The van der Waals surface area contributed by atoms with Crippen LogP contribution in [0.5, 0.6) is 5.75 Å². The minimum absolute atomic E-state index is 0.0216. The Morgan fingerprint density at radius 2 is 2.00 bits per heavy atom. The van der Waals surface area contributed by atoms with E-state index in [4.69, 9.17) is 4.74 Å². The number of ether oxygens (including phenoxy) is 1. The third kappa shape index (κ3) is 4.83. The molecule has 2 aromatic rings. The van der Waals surface area contributed by atoms with Gasteiger partial charge in [-0.1, -0.05) is 18.2 Å². The van der Waals surface area contributed by atoms with Gasteiger partial charge in [0.05, 0.1) is 24.6 Å². The third-order valence-corrected chi connectivity index (χ3v) is 5.50. The molecule has 0 spiro atoms. The number of hydrogen-bond donors (Lipinski definition) is 2. The number of fused-ring (bicyclic) bond motifs is 1. The van der Waals surface area contributed by atoms with Gasteiger partial charge in [0, 0.05) is 30.1 Å². The minimum Gasteiger partial charge on any atom is -0.497 e. The number of likely N-dealkylation sites (N-methyl/N-ethyl adjacent to an activating group) is 1. The largest absolute Gasteiger partial charge is 0.497 e. The number of benzene rings is 2. The molecule has 8 heteroatoms. The van der Waals surface area contributed by atoms with E-state index in [-0.39, 0.29) is 30.7 Å². The van der Waals surface area contributed by atoms with E-state index >= 15 is 0 Å². The first-order chi connectivity index (χ1) is 13.5. The van der Waals surface area contributed by atoms with Gasteiger partial charge in [0.2, 0.25) is 17.7 Å². The zero-order valence-corrected chi connectivity index (χ0v) is 16.4. The highest BCUT2D eigenvalue weighted by Gasteiger charge is 2.30. The molecule has 0 unspecified atom stereocenters. The Balaban J connectivity index is 1.54. The van der Waals surface area contributed by atoms with Crippen molar-refractivity contribution in [3.8, 4) is 5.75 Å². The van der Waals surface area contributed by atoms with Crippen LogP contribution in [0.25, 0.3) is 0 Å². The summed E-state index contributed by atoms with van der Waals surface area (Å²) in [4.78, 5) is 39.2. The molecule has 1 heterocycles. The maximum Gasteiger partial charge on any atom is 0.243 e. The van der Waals surface area contributed by atoms with Crippen LogP contribution < -0.4 is 15.4 Å². The molecule has 3 amide bonds. The van der Waals surface area contributed by atoms with Crippen molar-refractivity contribution in [3.63, 3.8) is 0 Å². The molecule has 0 aromatic heterocycles. The predicted octanol–water partition coefficient (Wildman–Crippen LogP) is 2.60. The second-order valence-corrected chi connectivity index (χ2v) is 7.57. The highest BCUT2D eigenvalue weighted by atomic mass is 32.2. The summed E-state index contributed by atoms with van der Waals surface area (Å²) in [5.74, 6) is -0.169. The number of amides is 3. The molecule has 0 fully saturated rings. The van der Waals surface area contributed by atoms with Gasteiger partial charge in [0.1, 0.15) is 5.75 Å². The molecule has 0 aliphatic carbocycles. The fraction of sp³-hybridized carbons (Fsp3) is 0.250. The van der Waals surface area contributed by atoms with Gasteiger partial charge in [-0.05, 0) is 24.3 Å². The van der Waals surface area contributed by atoms with Crippen molar-refractivity contribution in [2.45, 2.75) is 16.6 Å². The fourth-order valence-electron chi connectivity index (χ4n) is 2.75. The van der Waals surface area contributed by atoms with Crippen molar-refractivity contribution in [2.24, 2.45) is 0 Å². The second-order valence-electron chi connectivity index (χ2n) is 6.33. The van der Waals surface area contributed by atoms with Crippen LogP contribution in [-0.4, -0.2) is 48.6 Å². The van der Waals surface area contributed by atoms with E-state index in [1.54, 1.807) is 38.4 Å². The average molecular weight is 399 g/mol. The summed E-state index contributed by atoms with van der Waals surface area (Å²) in [6.07, 6.45) is 0.0216. The van der Waals surface area contributed by atoms with Gasteiger partial charge in [-0.3, -0.25) is 14.4 Å². The number of nitrogens with zero attached hydrogens (tertiary/aromatic N) is 1. The van der Waals surface area contributed by atoms with Crippen LogP contribution in [0.3, 0.4) is 0 Å². The van der Waals surface area contributed by atoms with Gasteiger partial charge in [-0.2, -0.15) is 0 Å². The molecule has 2 N–H and O–H groups in total. The maximum atomic E-state index is 12.5. The van der Waals surface area contributed by atoms with Gasteiger partial charge in [-0.25, -0.2) is 0 Å². The van der Waals surface area contributed by atoms with Crippen LogP contribution in [0.1, 0.15) is 6.42 Å². The molecule has 0 bridgehead atoms. The normalized spacial score (nSPS) is 15.2. The predicted molar refractivity (Wildman–Crippen MR) is 109 cm³/mol. The number of nitrogens with one attached hydrogen (secondary N) is 2. The van der Waals surface area contributed by atoms with Crippen molar-refractivity contribution >= 4 is 40.9 Å². The Labute approximate surface area is 167 Å². The lowest BCUT2D eigenvalue weighted by atomic mass is 10.2. The maximum absolute atomic E-state index is 12.5. The summed E-state index contributed by atoms with van der Waals surface area (Å²) >= 11 is 1.36. The van der Waals surface area contributed by atoms with E-state index < -0.39 is 5.25 Å². The van der Waals surface area contributed by atoms with E-state index in [0.717, 1.165) is 10.6 Å². The first-order valence-corrected chi connectivity index (χ1v) is 9.58. The molecular formula is C20H21N3O4S. The number of para-hydroxylation sites is 1. The van der Waals surface area contributed by atoms with Gasteiger partial charge >= 0.3 is 0 Å². The van der Waals surface area contributed by atoms with Gasteiger partial charge in [0.15, 0.2) is 0 Å². The summed E-state index contributed by atoms with van der Waals surface area (Å²) in [6, 6.07) is 14.4. The van der Waals surface area contributed by atoms with Crippen LogP contribution in [0.2, 0.25) is 0 Å². The van der Waals surface area contributed by atoms with Crippen molar-refractivity contribution in [3.05, 3.63) is 48.5 Å². The van der Waals surface area contributed by atoms with Crippen LogP contribution >= 0.6 is 11.8 Å². The lowest BCUT2D eigenvalue weighted by Gasteiger charge is -2.25. The van der Waals surface area contributed by atoms with E-state index in [1.165, 1.54) is 16.7 Å². The van der Waals surface area contributed by atoms with Crippen molar-refractivity contribution in [2.75, 3.05) is 31.3 Å². The smallest absolute Gasteiger partial charge is 0.243 e. The summed E-state index contributed by atoms with van der Waals surface area (Å²) in [6.45, 7) is -0.106. The zero-order valence-electron chi connectivity index (χ0n) is 15.6. The highest BCUT2D eigenvalue weighted by Crippen LogP contribution is 2.36. The molecule has 2 aromatic carbocycles. The summed E-state index contributed by atoms with van der Waals surface area (Å²) < 4.78 is 5.12. The number of hydrogen-bond acceptors (Lipinski definition) is 5. The van der Waals surface area contributed by atoms with Crippen LogP contribution in [0, 0.1) is 0 Å². The Bertz CT molecular complexity index is 903. The van der Waals surface area contributed by atoms with Crippen molar-refractivity contribution < 1.29 is 19.1 Å². The number of methoxy groups -OCH3 is 1. The minimum atomic E-state index is -0.522. The molecule has 3 rings (SSSR count). The SMILES string of the molecule is COc1cccc(NC(=O)CN(C)C(=O)C[C@@H]2Sc3ccccc3NC2=O)c1. The standard InChI is InChI=1S/C20H21N3O4S/c1-23(12-18(24)21-13-6-5-7-14(10-13)27-2)19(25)11-17-20(26)22-15-8-3-4-9-16(15)28-17/h3-10,17H,11-12H2,1-2H3,(H,21,24)(H,22,26)/t17-/m0/s1. The van der Waals surface area contributed by atoms with Crippen LogP contribution in [0.15, 0.2) is 53.4 Å². The summed E-state index contributed by atoms with van der Waals surface area (Å²) in [5.41, 5.74) is 1.34. The number of thioether (sulfide) groups is 1. The van der Waals surface area contributed by atoms with Gasteiger partial charge in [-0.15, -0.1) is 11.8 Å². The van der Waals surface area contributed by atoms with E-state index in [2.05, 4.69) is 10.6 Å². The monoisotopic (exact) mass is 399 g/mol. The van der Waals surface area contributed by atoms with Crippen LogP contribution in [0.4, 0.5) is 11.4 Å². The Hall–Kier alpha value is -3.00. The molecule has 1 atom stereocenters. The lowest BCUT2D eigenvalue weighted by Crippen LogP contribution is -2.39.